The Bertz CT molecular complexity index is 3610. The van der Waals surface area contributed by atoms with Gasteiger partial charge in [0.25, 0.3) is 0 Å². The number of unbranched alkanes of at least 4 members (excludes halogenated alkanes) is 1. The Morgan fingerprint density at radius 2 is 0.754 bits per heavy atom. The molecule has 0 spiro atoms. The predicted octanol–water partition coefficient (Wildman–Crippen LogP) is -3.05. The molecule has 19 N–H and O–H groups in total. The first-order chi connectivity index (χ1) is 55.5. The van der Waals surface area contributed by atoms with E-state index in [0.717, 1.165) is 11.3 Å². The highest BCUT2D eigenvalue weighted by Crippen LogP contribution is 2.28. The fourth-order valence-corrected chi connectivity index (χ4v) is 15.2. The second kappa shape index (κ2) is 46.9. The average molecular weight is 1670 g/mol. The van der Waals surface area contributed by atoms with Gasteiger partial charge < -0.3 is 110 Å². The maximum absolute atomic E-state index is 14.8. The largest absolute Gasteiger partial charge is 0.481 e. The van der Waals surface area contributed by atoms with E-state index >= 15 is 0 Å². The molecule has 40 heteroatoms. The van der Waals surface area contributed by atoms with E-state index in [1.165, 1.54) is 28.5 Å². The molecule has 16 atom stereocenters. The number of likely N-dealkylation sites (tertiary alicyclic amines) is 4. The van der Waals surface area contributed by atoms with Gasteiger partial charge in [0.05, 0.1) is 12.5 Å². The number of amides is 16. The number of rotatable bonds is 46. The van der Waals surface area contributed by atoms with Gasteiger partial charge in [-0.05, 0) is 166 Å². The molecular formula is C78H128N18O22. The standard InChI is InChI=1S/C78H128N18O22/c1-39(2)36-50(68(107)90-60(41(5)6)73(112)85-47(20-13-14-30-79)66(105)84-48(26-28-57(80)97)67(106)89-52(78(117)118)38-59(100)101)87-70(109)54-23-18-34-95(54)77(116)62(43(9)10)92-72(111)56-25-17-32-93(56)74(113)49(27-29-58(98)99)86-64(103)45(12)82-63(102)44(11)83-69(108)53-22-16-33-94(53)75(114)51(37-40(3)4)88-71(110)55-24-19-35-96(55)76(115)61(42(7)8)91-65(104)46-21-15-31-81-46/h39-56,60-62,81H,13-38,79H2,1-12H3,(H2,80,97)(H,82,102)(H,83,108)(H,84,105)(H,85,112)(H,86,103)(H,87,109)(H,88,110)(H,89,106)(H,90,107)(H,91,104)(H,92,111)(H,98,99)(H,100,101)(H,117,118)/t44-,45-,46-,47-,48-,49-,50-,51-,52-,53-,54-,55-,56-,60-,61-,62-/m0/s1. The first-order valence-corrected chi connectivity index (χ1v) is 41.4. The van der Waals surface area contributed by atoms with Crippen molar-refractivity contribution in [3.63, 3.8) is 0 Å². The first-order valence-electron chi connectivity index (χ1n) is 41.4. The second-order valence-corrected chi connectivity index (χ2v) is 33.3. The number of carbonyl (C=O) groups is 19. The summed E-state index contributed by atoms with van der Waals surface area (Å²) in [5.74, 6) is -18.6. The Kier molecular flexibility index (Phi) is 39.1. The smallest absolute Gasteiger partial charge is 0.326 e. The Morgan fingerprint density at radius 3 is 1.19 bits per heavy atom. The molecule has 0 radical (unpaired) electrons. The first kappa shape index (κ1) is 98.4. The number of carboxylic acid groups (broad SMARTS) is 3. The maximum atomic E-state index is 14.8. The number of primary amides is 1. The molecule has 40 nitrogen and oxygen atoms in total. The normalized spacial score (nSPS) is 20.7. The van der Waals surface area contributed by atoms with Gasteiger partial charge in [-0.25, -0.2) is 4.79 Å². The molecule has 0 saturated carbocycles. The fraction of sp³-hybridized carbons (Fsp3) is 0.756. The number of hydrogen-bond acceptors (Lipinski definition) is 21. The summed E-state index contributed by atoms with van der Waals surface area (Å²) in [6.45, 7) is 21.3. The van der Waals surface area contributed by atoms with E-state index in [0.29, 0.717) is 45.1 Å². The highest BCUT2D eigenvalue weighted by Gasteiger charge is 2.47. The van der Waals surface area contributed by atoms with Crippen molar-refractivity contribution in [2.24, 2.45) is 41.1 Å². The number of aliphatic carboxylic acids is 3. The quantitative estimate of drug-likeness (QED) is 0.0269. The lowest BCUT2D eigenvalue weighted by Gasteiger charge is -2.33. The molecule has 5 aliphatic heterocycles. The fourth-order valence-electron chi connectivity index (χ4n) is 15.2. The van der Waals surface area contributed by atoms with Crippen molar-refractivity contribution < 1.29 is 106 Å². The Balaban J connectivity index is 1.21. The zero-order chi connectivity index (χ0) is 88.3. The van der Waals surface area contributed by atoms with Crippen LogP contribution in [0.1, 0.15) is 212 Å². The van der Waals surface area contributed by atoms with Crippen LogP contribution in [0.4, 0.5) is 0 Å². The third-order valence-electron chi connectivity index (χ3n) is 21.8. The van der Waals surface area contributed by atoms with Gasteiger partial charge in [0.1, 0.15) is 90.6 Å². The van der Waals surface area contributed by atoms with Gasteiger partial charge in [0.2, 0.25) is 94.5 Å². The van der Waals surface area contributed by atoms with E-state index in [4.69, 9.17) is 11.5 Å². The van der Waals surface area contributed by atoms with Crippen molar-refractivity contribution in [1.82, 2.24) is 83.4 Å². The van der Waals surface area contributed by atoms with Crippen LogP contribution in [-0.2, 0) is 91.1 Å². The summed E-state index contributed by atoms with van der Waals surface area (Å²) in [4.78, 5) is 264. The number of nitrogens with zero attached hydrogens (tertiary/aromatic N) is 4. The van der Waals surface area contributed by atoms with E-state index in [2.05, 4.69) is 58.5 Å². The predicted molar refractivity (Wildman–Crippen MR) is 424 cm³/mol. The average Bonchev–Trinajstić information content (AvgIpc) is 1.63. The number of nitrogens with one attached hydrogen (secondary N) is 12. The third-order valence-corrected chi connectivity index (χ3v) is 21.8. The van der Waals surface area contributed by atoms with Crippen molar-refractivity contribution in [2.45, 2.75) is 308 Å². The summed E-state index contributed by atoms with van der Waals surface area (Å²) in [6, 6.07) is -20.1. The van der Waals surface area contributed by atoms with Crippen LogP contribution in [0.25, 0.3) is 0 Å². The van der Waals surface area contributed by atoms with Crippen molar-refractivity contribution in [3.05, 3.63) is 0 Å². The van der Waals surface area contributed by atoms with Crippen LogP contribution in [-0.4, -0.2) is 283 Å². The highest BCUT2D eigenvalue weighted by molar-refractivity contribution is 6.02. The molecule has 662 valence electrons. The van der Waals surface area contributed by atoms with Crippen molar-refractivity contribution in [1.29, 1.82) is 0 Å². The molecule has 0 aromatic rings. The number of carbonyl (C=O) groups excluding carboxylic acids is 16. The zero-order valence-corrected chi connectivity index (χ0v) is 70.1. The van der Waals surface area contributed by atoms with Gasteiger partial charge in [-0.1, -0.05) is 69.2 Å². The molecule has 5 heterocycles. The number of carboxylic acids is 3. The van der Waals surface area contributed by atoms with E-state index in [-0.39, 0.29) is 108 Å². The summed E-state index contributed by atoms with van der Waals surface area (Å²) in [5.41, 5.74) is 11.0. The molecule has 5 saturated heterocycles. The lowest BCUT2D eigenvalue weighted by atomic mass is 9.98. The van der Waals surface area contributed by atoms with Crippen LogP contribution in [0.2, 0.25) is 0 Å². The van der Waals surface area contributed by atoms with E-state index in [9.17, 15) is 106 Å². The zero-order valence-electron chi connectivity index (χ0n) is 70.1. The third kappa shape index (κ3) is 29.1. The summed E-state index contributed by atoms with van der Waals surface area (Å²) >= 11 is 0. The van der Waals surface area contributed by atoms with E-state index < -0.39 is 247 Å². The Hall–Kier alpha value is -10.2. The van der Waals surface area contributed by atoms with Crippen LogP contribution in [0.5, 0.6) is 0 Å². The van der Waals surface area contributed by atoms with Crippen LogP contribution < -0.4 is 75.3 Å². The minimum atomic E-state index is -1.93. The monoisotopic (exact) mass is 1670 g/mol. The SMILES string of the molecule is CC(C)C[C@H](NC(=O)[C@@H]1CCCN1C(=O)[C@@H](NC(=O)[C@@H]1CCCN1C(=O)[C@H](CCC(=O)O)NC(=O)[C@H](C)NC(=O)[C@H](C)NC(=O)[C@@H]1CCCN1C(=O)[C@H](CC(C)C)NC(=O)[C@@H]1CCCN1C(=O)[C@@H](NC(=O)[C@@H]1CCCN1)C(C)C)C(C)C)C(=O)N[C@H](C(=O)N[C@@H](CCCCN)C(=O)N[C@@H](CCC(N)=O)C(=O)N[C@@H](CC(=O)O)C(=O)O)C(C)C. The van der Waals surface area contributed by atoms with Gasteiger partial charge >= 0.3 is 17.9 Å². The molecule has 16 amide bonds. The molecule has 0 bridgehead atoms. The van der Waals surface area contributed by atoms with Gasteiger partial charge in [0.15, 0.2) is 0 Å². The van der Waals surface area contributed by atoms with Gasteiger partial charge in [0, 0.05) is 39.0 Å². The minimum Gasteiger partial charge on any atom is -0.481 e. The molecule has 0 unspecified atom stereocenters. The molecule has 5 aliphatic rings. The second-order valence-electron chi connectivity index (χ2n) is 33.3. The Labute approximate surface area is 688 Å². The van der Waals surface area contributed by atoms with E-state index in [1.807, 2.05) is 19.2 Å². The van der Waals surface area contributed by atoms with Gasteiger partial charge in [-0.15, -0.1) is 0 Å². The molecule has 5 rings (SSSR count). The van der Waals surface area contributed by atoms with Gasteiger partial charge in [-0.2, -0.15) is 0 Å². The van der Waals surface area contributed by atoms with Crippen molar-refractivity contribution in [2.75, 3.05) is 39.3 Å². The lowest BCUT2D eigenvalue weighted by molar-refractivity contribution is -0.147. The van der Waals surface area contributed by atoms with Crippen molar-refractivity contribution >= 4 is 112 Å². The molecule has 118 heavy (non-hydrogen) atoms. The van der Waals surface area contributed by atoms with Gasteiger partial charge in [-0.3, -0.25) is 86.3 Å². The lowest BCUT2D eigenvalue weighted by Crippen LogP contribution is -2.61. The maximum Gasteiger partial charge on any atom is 0.326 e. The number of nitrogens with two attached hydrogens (primary N) is 2. The summed E-state index contributed by atoms with van der Waals surface area (Å²) < 4.78 is 0. The summed E-state index contributed by atoms with van der Waals surface area (Å²) in [6.07, 6.45) is 1.38. The molecule has 0 aromatic heterocycles. The summed E-state index contributed by atoms with van der Waals surface area (Å²) in [5, 5.41) is 60.4. The Morgan fingerprint density at radius 1 is 0.364 bits per heavy atom. The highest BCUT2D eigenvalue weighted by atomic mass is 16.4. The van der Waals surface area contributed by atoms with Crippen LogP contribution in [0, 0.1) is 29.6 Å². The molecule has 5 fully saturated rings. The summed E-state index contributed by atoms with van der Waals surface area (Å²) in [7, 11) is 0. The molecular weight excluding hydrogens is 1540 g/mol. The minimum absolute atomic E-state index is 0.0218. The van der Waals surface area contributed by atoms with Crippen molar-refractivity contribution in [3.8, 4) is 0 Å². The topological polar surface area (TPSA) is 594 Å². The van der Waals surface area contributed by atoms with E-state index in [1.54, 1.807) is 55.4 Å². The molecule has 0 aromatic carbocycles. The van der Waals surface area contributed by atoms with Crippen LogP contribution >= 0.6 is 0 Å². The van der Waals surface area contributed by atoms with Crippen LogP contribution in [0.15, 0.2) is 0 Å². The number of hydrogen-bond donors (Lipinski definition) is 17. The molecule has 0 aliphatic carbocycles. The van der Waals surface area contributed by atoms with Crippen LogP contribution in [0.3, 0.4) is 0 Å².